The van der Waals surface area contributed by atoms with Crippen molar-refractivity contribution in [1.82, 2.24) is 0 Å². The lowest BCUT2D eigenvalue weighted by molar-refractivity contribution is -0.295. The third kappa shape index (κ3) is 4.41. The molecule has 3 heterocycles. The normalized spacial score (nSPS) is 25.8. The van der Waals surface area contributed by atoms with Crippen molar-refractivity contribution in [2.24, 2.45) is 0 Å². The number of rotatable bonds is 2. The molecule has 1 saturated carbocycles. The molecule has 0 aromatic rings. The SMILES string of the molecule is CC1(C)OC(=O)C(/C=C/C=C2C(=O)OC3(CCC4(CC3)OC(=O)CC(=O)O4)OC2=O)=C(O)O1. The summed E-state index contributed by atoms with van der Waals surface area (Å²) in [6.45, 7) is 2.87. The zero-order chi connectivity index (χ0) is 24.0. The van der Waals surface area contributed by atoms with E-state index >= 15 is 0 Å². The maximum atomic E-state index is 12.5. The highest BCUT2D eigenvalue weighted by Gasteiger charge is 2.56. The monoisotopic (exact) mass is 464 g/mol. The number of hydrogen-bond donors (Lipinski definition) is 1. The Labute approximate surface area is 186 Å². The van der Waals surface area contributed by atoms with Gasteiger partial charge in [0.15, 0.2) is 0 Å². The van der Waals surface area contributed by atoms with Crippen LogP contribution in [-0.4, -0.2) is 52.3 Å². The van der Waals surface area contributed by atoms with Crippen molar-refractivity contribution < 1.29 is 57.5 Å². The molecular weight excluding hydrogens is 444 g/mol. The van der Waals surface area contributed by atoms with Gasteiger partial charge in [-0.05, 0) is 12.2 Å². The maximum absolute atomic E-state index is 12.5. The maximum Gasteiger partial charge on any atom is 0.348 e. The molecule has 2 spiro atoms. The Morgan fingerprint density at radius 2 is 1.24 bits per heavy atom. The van der Waals surface area contributed by atoms with E-state index in [1.807, 2.05) is 0 Å². The molecule has 1 aliphatic carbocycles. The highest BCUT2D eigenvalue weighted by Crippen LogP contribution is 2.44. The van der Waals surface area contributed by atoms with Crippen LogP contribution in [0.1, 0.15) is 46.0 Å². The largest absolute Gasteiger partial charge is 0.480 e. The van der Waals surface area contributed by atoms with Crippen LogP contribution in [0.3, 0.4) is 0 Å². The number of aliphatic hydroxyl groups is 1. The molecule has 0 aromatic carbocycles. The van der Waals surface area contributed by atoms with Crippen molar-refractivity contribution in [3.05, 3.63) is 35.3 Å². The zero-order valence-corrected chi connectivity index (χ0v) is 17.7. The predicted molar refractivity (Wildman–Crippen MR) is 101 cm³/mol. The summed E-state index contributed by atoms with van der Waals surface area (Å²) in [5.41, 5.74) is -0.757. The molecule has 0 radical (unpaired) electrons. The van der Waals surface area contributed by atoms with Crippen LogP contribution in [0.5, 0.6) is 0 Å². The van der Waals surface area contributed by atoms with Crippen LogP contribution < -0.4 is 0 Å². The van der Waals surface area contributed by atoms with Gasteiger partial charge in [0.25, 0.3) is 23.3 Å². The van der Waals surface area contributed by atoms with Crippen molar-refractivity contribution in [3.8, 4) is 0 Å². The first kappa shape index (κ1) is 22.4. The molecule has 0 atom stereocenters. The molecule has 2 saturated heterocycles. The number of ether oxygens (including phenoxy) is 6. The molecule has 0 bridgehead atoms. The van der Waals surface area contributed by atoms with Crippen molar-refractivity contribution in [3.63, 3.8) is 0 Å². The fraction of sp³-hybridized carbons (Fsp3) is 0.476. The van der Waals surface area contributed by atoms with Crippen LogP contribution in [0, 0.1) is 0 Å². The molecule has 0 amide bonds. The average Bonchev–Trinajstić information content (AvgIpc) is 2.67. The van der Waals surface area contributed by atoms with E-state index in [0.717, 1.165) is 18.2 Å². The summed E-state index contributed by atoms with van der Waals surface area (Å²) >= 11 is 0. The van der Waals surface area contributed by atoms with Crippen molar-refractivity contribution in [1.29, 1.82) is 0 Å². The van der Waals surface area contributed by atoms with Gasteiger partial charge in [0.1, 0.15) is 17.6 Å². The van der Waals surface area contributed by atoms with E-state index in [-0.39, 0.29) is 31.3 Å². The van der Waals surface area contributed by atoms with E-state index in [2.05, 4.69) is 0 Å². The lowest BCUT2D eigenvalue weighted by atomic mass is 9.87. The zero-order valence-electron chi connectivity index (χ0n) is 17.7. The van der Waals surface area contributed by atoms with Gasteiger partial charge in [-0.25, -0.2) is 14.4 Å². The summed E-state index contributed by atoms with van der Waals surface area (Å²) in [6, 6.07) is 0. The Morgan fingerprint density at radius 3 is 1.76 bits per heavy atom. The summed E-state index contributed by atoms with van der Waals surface area (Å²) in [7, 11) is 0. The summed E-state index contributed by atoms with van der Waals surface area (Å²) < 4.78 is 31.1. The molecule has 0 unspecified atom stereocenters. The lowest BCUT2D eigenvalue weighted by Gasteiger charge is -2.45. The first-order chi connectivity index (χ1) is 15.4. The predicted octanol–water partition coefficient (Wildman–Crippen LogP) is 1.10. The van der Waals surface area contributed by atoms with Gasteiger partial charge in [-0.2, -0.15) is 0 Å². The summed E-state index contributed by atoms with van der Waals surface area (Å²) in [5.74, 6) is -9.26. The molecule has 4 rings (SSSR count). The van der Waals surface area contributed by atoms with Crippen molar-refractivity contribution in [2.75, 3.05) is 0 Å². The summed E-state index contributed by atoms with van der Waals surface area (Å²) in [6.07, 6.45) is 2.70. The first-order valence-corrected chi connectivity index (χ1v) is 10.1. The minimum Gasteiger partial charge on any atom is -0.480 e. The van der Waals surface area contributed by atoms with E-state index in [4.69, 9.17) is 28.4 Å². The number of carbonyl (C=O) groups excluding carboxylic acids is 5. The van der Waals surface area contributed by atoms with Crippen LogP contribution in [0.25, 0.3) is 0 Å². The van der Waals surface area contributed by atoms with E-state index in [9.17, 15) is 29.1 Å². The molecular formula is C21H20O12. The van der Waals surface area contributed by atoms with Crippen molar-refractivity contribution >= 4 is 29.8 Å². The molecule has 1 N–H and O–H groups in total. The van der Waals surface area contributed by atoms with Gasteiger partial charge < -0.3 is 33.5 Å². The quantitative estimate of drug-likeness (QED) is 0.204. The van der Waals surface area contributed by atoms with Gasteiger partial charge in [0.05, 0.1) is 0 Å². The molecule has 12 nitrogen and oxygen atoms in total. The number of cyclic esters (lactones) is 1. The molecule has 3 aliphatic heterocycles. The number of aliphatic hydroxyl groups excluding tert-OH is 1. The summed E-state index contributed by atoms with van der Waals surface area (Å²) in [5, 5.41) is 9.86. The Hall–Kier alpha value is -3.83. The smallest absolute Gasteiger partial charge is 0.348 e. The second kappa shape index (κ2) is 7.64. The van der Waals surface area contributed by atoms with E-state index in [1.165, 1.54) is 13.8 Å². The van der Waals surface area contributed by atoms with Crippen LogP contribution in [-0.2, 0) is 52.4 Å². The first-order valence-electron chi connectivity index (χ1n) is 10.1. The molecule has 3 fully saturated rings. The number of hydrogen-bond acceptors (Lipinski definition) is 12. The van der Waals surface area contributed by atoms with Gasteiger partial charge in [-0.3, -0.25) is 9.59 Å². The molecule has 12 heteroatoms. The topological polar surface area (TPSA) is 161 Å². The average molecular weight is 464 g/mol. The van der Waals surface area contributed by atoms with Gasteiger partial charge >= 0.3 is 29.8 Å². The number of carbonyl (C=O) groups is 5. The second-order valence-electron chi connectivity index (χ2n) is 8.28. The third-order valence-corrected chi connectivity index (χ3v) is 5.32. The Bertz CT molecular complexity index is 995. The third-order valence-electron chi connectivity index (χ3n) is 5.32. The van der Waals surface area contributed by atoms with Crippen LogP contribution in [0.4, 0.5) is 0 Å². The number of esters is 5. The number of allylic oxidation sites excluding steroid dienone is 2. The molecule has 176 valence electrons. The lowest BCUT2D eigenvalue weighted by Crippen LogP contribution is -2.55. The van der Waals surface area contributed by atoms with E-state index in [1.54, 1.807) is 0 Å². The van der Waals surface area contributed by atoms with Gasteiger partial charge in [0.2, 0.25) is 0 Å². The Balaban J connectivity index is 1.43. The van der Waals surface area contributed by atoms with Gasteiger partial charge in [-0.15, -0.1) is 0 Å². The second-order valence-corrected chi connectivity index (χ2v) is 8.28. The minimum absolute atomic E-state index is 0.0180. The molecule has 33 heavy (non-hydrogen) atoms. The highest BCUT2D eigenvalue weighted by molar-refractivity contribution is 6.15. The van der Waals surface area contributed by atoms with E-state index < -0.39 is 65.1 Å². The van der Waals surface area contributed by atoms with Crippen LogP contribution in [0.2, 0.25) is 0 Å². The van der Waals surface area contributed by atoms with Crippen LogP contribution in [0.15, 0.2) is 35.3 Å². The summed E-state index contributed by atoms with van der Waals surface area (Å²) in [4.78, 5) is 60.1. The highest BCUT2D eigenvalue weighted by atomic mass is 16.8. The van der Waals surface area contributed by atoms with Crippen molar-refractivity contribution in [2.45, 2.75) is 63.3 Å². The Morgan fingerprint density at radius 1 is 0.727 bits per heavy atom. The standard InChI is InChI=1S/C21H20O12/c1-19(2)30-15(24)11(16(25)31-19)4-3-5-12-17(26)32-21(33-18(12)27)8-6-20(7-9-21)28-13(22)10-14(23)29-20/h3-5,24H,6-10H2,1-2H3/b4-3+. The molecule has 4 aliphatic rings. The van der Waals surface area contributed by atoms with Gasteiger partial charge in [-0.1, -0.05) is 6.08 Å². The van der Waals surface area contributed by atoms with E-state index in [0.29, 0.717) is 0 Å². The fourth-order valence-electron chi connectivity index (χ4n) is 3.79. The van der Waals surface area contributed by atoms with Gasteiger partial charge in [0, 0.05) is 39.5 Å². The minimum atomic E-state index is -1.58. The van der Waals surface area contributed by atoms with Crippen LogP contribution >= 0.6 is 0 Å². The fourth-order valence-corrected chi connectivity index (χ4v) is 3.79. The Kier molecular flexibility index (Phi) is 5.18. The molecule has 0 aromatic heterocycles.